The van der Waals surface area contributed by atoms with Crippen molar-refractivity contribution in [3.63, 3.8) is 0 Å². The highest BCUT2D eigenvalue weighted by Gasteiger charge is 2.48. The molecule has 1 aliphatic carbocycles. The van der Waals surface area contributed by atoms with Gasteiger partial charge in [0, 0.05) is 24.2 Å². The Labute approximate surface area is 90.4 Å². The summed E-state index contributed by atoms with van der Waals surface area (Å²) in [5, 5.41) is 8.89. The molecule has 4 heteroatoms. The van der Waals surface area contributed by atoms with Crippen molar-refractivity contribution in [2.45, 2.75) is 56.7 Å². The van der Waals surface area contributed by atoms with E-state index in [2.05, 4.69) is 11.8 Å². The Morgan fingerprint density at radius 1 is 1.60 bits per heavy atom. The minimum Gasteiger partial charge on any atom is -0.481 e. The Kier molecular flexibility index (Phi) is 2.73. The van der Waals surface area contributed by atoms with E-state index in [0.717, 1.165) is 19.4 Å². The van der Waals surface area contributed by atoms with Crippen LogP contribution in [0.1, 0.15) is 39.0 Å². The van der Waals surface area contributed by atoms with Crippen molar-refractivity contribution >= 4 is 5.97 Å². The van der Waals surface area contributed by atoms with Gasteiger partial charge in [0.25, 0.3) is 0 Å². The Morgan fingerprint density at radius 3 is 2.73 bits per heavy atom. The first kappa shape index (κ1) is 10.9. The number of carboxylic acids is 1. The van der Waals surface area contributed by atoms with Gasteiger partial charge in [-0.3, -0.25) is 9.69 Å². The van der Waals surface area contributed by atoms with Gasteiger partial charge in [-0.15, -0.1) is 0 Å². The van der Waals surface area contributed by atoms with Gasteiger partial charge in [0.2, 0.25) is 0 Å². The third-order valence-electron chi connectivity index (χ3n) is 3.78. The summed E-state index contributed by atoms with van der Waals surface area (Å²) >= 11 is 0. The lowest BCUT2D eigenvalue weighted by Gasteiger charge is -2.33. The largest absolute Gasteiger partial charge is 0.481 e. The van der Waals surface area contributed by atoms with Gasteiger partial charge in [-0.2, -0.15) is 0 Å². The SMILES string of the molecule is CCC1N(C2CC2)CCC1(N)CC(=O)O. The van der Waals surface area contributed by atoms with Crippen LogP contribution in [0.15, 0.2) is 0 Å². The molecule has 2 aliphatic rings. The van der Waals surface area contributed by atoms with Crippen LogP contribution >= 0.6 is 0 Å². The molecule has 0 spiro atoms. The monoisotopic (exact) mass is 212 g/mol. The summed E-state index contributed by atoms with van der Waals surface area (Å²) < 4.78 is 0. The summed E-state index contributed by atoms with van der Waals surface area (Å²) in [5.74, 6) is -0.770. The van der Waals surface area contributed by atoms with Gasteiger partial charge in [0.05, 0.1) is 6.42 Å². The van der Waals surface area contributed by atoms with E-state index in [4.69, 9.17) is 10.8 Å². The van der Waals surface area contributed by atoms with Crippen molar-refractivity contribution in [2.75, 3.05) is 6.54 Å². The van der Waals surface area contributed by atoms with Crippen molar-refractivity contribution in [1.29, 1.82) is 0 Å². The van der Waals surface area contributed by atoms with Crippen LogP contribution in [0.3, 0.4) is 0 Å². The zero-order valence-electron chi connectivity index (χ0n) is 9.28. The molecule has 2 fully saturated rings. The van der Waals surface area contributed by atoms with Crippen LogP contribution < -0.4 is 5.73 Å². The number of hydrogen-bond acceptors (Lipinski definition) is 3. The van der Waals surface area contributed by atoms with Crippen molar-refractivity contribution < 1.29 is 9.90 Å². The lowest BCUT2D eigenvalue weighted by Crippen LogP contribution is -2.52. The van der Waals surface area contributed by atoms with Gasteiger partial charge in [0.15, 0.2) is 0 Å². The second-order valence-corrected chi connectivity index (χ2v) is 4.95. The Bertz CT molecular complexity index is 265. The predicted octanol–water partition coefficient (Wildman–Crippen LogP) is 0.805. The van der Waals surface area contributed by atoms with E-state index >= 15 is 0 Å². The molecule has 2 unspecified atom stereocenters. The number of rotatable bonds is 4. The summed E-state index contributed by atoms with van der Waals surface area (Å²) in [6.07, 6.45) is 4.42. The van der Waals surface area contributed by atoms with E-state index < -0.39 is 11.5 Å². The third kappa shape index (κ3) is 2.01. The average molecular weight is 212 g/mol. The molecule has 1 aliphatic heterocycles. The van der Waals surface area contributed by atoms with Crippen molar-refractivity contribution in [2.24, 2.45) is 5.73 Å². The predicted molar refractivity (Wildman–Crippen MR) is 57.6 cm³/mol. The van der Waals surface area contributed by atoms with Crippen LogP contribution in [0.5, 0.6) is 0 Å². The molecule has 4 nitrogen and oxygen atoms in total. The maximum atomic E-state index is 10.8. The summed E-state index contributed by atoms with van der Waals surface area (Å²) in [6.45, 7) is 3.09. The van der Waals surface area contributed by atoms with E-state index in [1.807, 2.05) is 0 Å². The molecule has 1 saturated carbocycles. The first-order valence-corrected chi connectivity index (χ1v) is 5.83. The van der Waals surface area contributed by atoms with Crippen molar-refractivity contribution in [3.05, 3.63) is 0 Å². The zero-order chi connectivity index (χ0) is 11.1. The Morgan fingerprint density at radius 2 is 2.27 bits per heavy atom. The minimum atomic E-state index is -0.770. The number of nitrogens with zero attached hydrogens (tertiary/aromatic N) is 1. The third-order valence-corrected chi connectivity index (χ3v) is 3.78. The van der Waals surface area contributed by atoms with Crippen LogP contribution in [0, 0.1) is 0 Å². The standard InChI is InChI=1S/C11H20N2O2/c1-2-9-11(12,7-10(14)15)5-6-13(9)8-3-4-8/h8-9H,2-7,12H2,1H3,(H,14,15). The summed E-state index contributed by atoms with van der Waals surface area (Å²) in [5.41, 5.74) is 5.75. The average Bonchev–Trinajstić information content (AvgIpc) is 2.90. The summed E-state index contributed by atoms with van der Waals surface area (Å²) in [7, 11) is 0. The summed E-state index contributed by atoms with van der Waals surface area (Å²) in [6, 6.07) is 0.954. The zero-order valence-corrected chi connectivity index (χ0v) is 9.28. The molecule has 2 rings (SSSR count). The molecule has 0 aromatic heterocycles. The fourth-order valence-corrected chi connectivity index (χ4v) is 2.96. The Balaban J connectivity index is 2.08. The second kappa shape index (κ2) is 3.76. The molecule has 2 atom stereocenters. The maximum Gasteiger partial charge on any atom is 0.305 e. The maximum absolute atomic E-state index is 10.8. The lowest BCUT2D eigenvalue weighted by atomic mass is 9.86. The number of aliphatic carboxylic acids is 1. The quantitative estimate of drug-likeness (QED) is 0.723. The number of carbonyl (C=O) groups is 1. The molecule has 1 saturated heterocycles. The molecule has 0 radical (unpaired) electrons. The van der Waals surface area contributed by atoms with Crippen LogP contribution in [-0.4, -0.2) is 40.1 Å². The molecule has 15 heavy (non-hydrogen) atoms. The lowest BCUT2D eigenvalue weighted by molar-refractivity contribution is -0.138. The van der Waals surface area contributed by atoms with Gasteiger partial charge in [-0.05, 0) is 25.7 Å². The van der Waals surface area contributed by atoms with Crippen LogP contribution in [0.4, 0.5) is 0 Å². The van der Waals surface area contributed by atoms with E-state index in [1.165, 1.54) is 12.8 Å². The van der Waals surface area contributed by atoms with E-state index in [1.54, 1.807) is 0 Å². The molecule has 0 amide bonds. The van der Waals surface area contributed by atoms with Crippen LogP contribution in [0.2, 0.25) is 0 Å². The van der Waals surface area contributed by atoms with Crippen LogP contribution in [-0.2, 0) is 4.79 Å². The molecule has 0 bridgehead atoms. The van der Waals surface area contributed by atoms with Crippen LogP contribution in [0.25, 0.3) is 0 Å². The van der Waals surface area contributed by atoms with Crippen molar-refractivity contribution in [3.8, 4) is 0 Å². The highest BCUT2D eigenvalue weighted by atomic mass is 16.4. The normalized spacial score (nSPS) is 37.1. The molecule has 1 heterocycles. The molecule has 86 valence electrons. The molecular formula is C11H20N2O2. The number of likely N-dealkylation sites (tertiary alicyclic amines) is 1. The van der Waals surface area contributed by atoms with Crippen molar-refractivity contribution in [1.82, 2.24) is 4.90 Å². The van der Waals surface area contributed by atoms with E-state index in [0.29, 0.717) is 6.04 Å². The number of hydrogen-bond donors (Lipinski definition) is 2. The van der Waals surface area contributed by atoms with Gasteiger partial charge in [-0.25, -0.2) is 0 Å². The van der Waals surface area contributed by atoms with E-state index in [9.17, 15) is 4.79 Å². The minimum absolute atomic E-state index is 0.106. The number of nitrogens with two attached hydrogens (primary N) is 1. The fourth-order valence-electron chi connectivity index (χ4n) is 2.96. The molecule has 3 N–H and O–H groups in total. The number of carboxylic acid groups (broad SMARTS) is 1. The Hall–Kier alpha value is -0.610. The second-order valence-electron chi connectivity index (χ2n) is 4.95. The highest BCUT2D eigenvalue weighted by molar-refractivity contribution is 5.68. The fraction of sp³-hybridized carbons (Fsp3) is 0.909. The van der Waals surface area contributed by atoms with Gasteiger partial charge in [0.1, 0.15) is 0 Å². The first-order chi connectivity index (χ1) is 7.07. The van der Waals surface area contributed by atoms with Gasteiger partial charge >= 0.3 is 5.97 Å². The molecule has 0 aromatic rings. The topological polar surface area (TPSA) is 66.6 Å². The first-order valence-electron chi connectivity index (χ1n) is 5.83. The summed E-state index contributed by atoms with van der Waals surface area (Å²) in [4.78, 5) is 13.2. The van der Waals surface area contributed by atoms with Gasteiger partial charge in [-0.1, -0.05) is 6.92 Å². The smallest absolute Gasteiger partial charge is 0.305 e. The molecular weight excluding hydrogens is 192 g/mol. The highest BCUT2D eigenvalue weighted by Crippen LogP contribution is 2.39. The van der Waals surface area contributed by atoms with Gasteiger partial charge < -0.3 is 10.8 Å². The molecule has 0 aromatic carbocycles. The van der Waals surface area contributed by atoms with E-state index in [-0.39, 0.29) is 12.5 Å².